The van der Waals surface area contributed by atoms with Crippen LogP contribution in [0.15, 0.2) is 24.3 Å². The van der Waals surface area contributed by atoms with E-state index in [1.165, 1.54) is 0 Å². The van der Waals surface area contributed by atoms with Crippen LogP contribution in [0, 0.1) is 5.92 Å². The minimum Gasteiger partial charge on any atom is -0.370 e. The molecule has 0 saturated carbocycles. The summed E-state index contributed by atoms with van der Waals surface area (Å²) in [7, 11) is 0. The smallest absolute Gasteiger partial charge is 0.227 e. The van der Waals surface area contributed by atoms with E-state index in [4.69, 9.17) is 16.3 Å². The Kier molecular flexibility index (Phi) is 5.88. The Morgan fingerprint density at radius 1 is 1.38 bits per heavy atom. The Labute approximate surface area is 136 Å². The number of carbonyl (C=O) groups excluding carboxylic acids is 1. The molecular formula is C15H20Cl2N2O2. The van der Waals surface area contributed by atoms with Gasteiger partial charge in [0.2, 0.25) is 5.91 Å². The lowest BCUT2D eigenvalue weighted by Gasteiger charge is -2.34. The van der Waals surface area contributed by atoms with Crippen molar-refractivity contribution in [3.05, 3.63) is 34.9 Å². The van der Waals surface area contributed by atoms with Crippen molar-refractivity contribution in [3.8, 4) is 0 Å². The average molecular weight is 331 g/mol. The third-order valence-corrected chi connectivity index (χ3v) is 4.38. The highest BCUT2D eigenvalue weighted by Gasteiger charge is 2.31. The molecule has 2 saturated heterocycles. The summed E-state index contributed by atoms with van der Waals surface area (Å²) in [5, 5.41) is 3.95. The van der Waals surface area contributed by atoms with Crippen molar-refractivity contribution in [2.75, 3.05) is 32.8 Å². The van der Waals surface area contributed by atoms with E-state index in [1.807, 2.05) is 29.2 Å². The van der Waals surface area contributed by atoms with E-state index < -0.39 is 0 Å². The summed E-state index contributed by atoms with van der Waals surface area (Å²) in [4.78, 5) is 14.4. The van der Waals surface area contributed by atoms with Gasteiger partial charge < -0.3 is 15.0 Å². The van der Waals surface area contributed by atoms with Crippen LogP contribution in [0.25, 0.3) is 0 Å². The molecule has 0 radical (unpaired) electrons. The fourth-order valence-electron chi connectivity index (χ4n) is 2.90. The van der Waals surface area contributed by atoms with Crippen LogP contribution >= 0.6 is 24.0 Å². The Morgan fingerprint density at radius 3 is 2.90 bits per heavy atom. The lowest BCUT2D eigenvalue weighted by atomic mass is 10.0. The zero-order valence-electron chi connectivity index (χ0n) is 11.8. The van der Waals surface area contributed by atoms with Crippen LogP contribution in [0.5, 0.6) is 0 Å². The van der Waals surface area contributed by atoms with Gasteiger partial charge in [0.1, 0.15) is 6.10 Å². The molecule has 2 aliphatic rings. The maximum absolute atomic E-state index is 12.5. The standard InChI is InChI=1S/C15H19ClN2O2.ClH/c16-13-4-2-1-3-12(13)14-10-18(7-8-20-14)15(19)11-5-6-17-9-11;/h1-4,11,14,17H,5-10H2;1H. The van der Waals surface area contributed by atoms with Gasteiger partial charge in [0, 0.05) is 23.7 Å². The topological polar surface area (TPSA) is 41.6 Å². The zero-order chi connectivity index (χ0) is 13.9. The van der Waals surface area contributed by atoms with Gasteiger partial charge in [0.15, 0.2) is 0 Å². The first kappa shape index (κ1) is 16.6. The summed E-state index contributed by atoms with van der Waals surface area (Å²) in [5.41, 5.74) is 0.969. The normalized spacial score (nSPS) is 25.5. The quantitative estimate of drug-likeness (QED) is 0.904. The number of rotatable bonds is 2. The van der Waals surface area contributed by atoms with Crippen LogP contribution in [0.3, 0.4) is 0 Å². The number of hydrogen-bond acceptors (Lipinski definition) is 3. The zero-order valence-corrected chi connectivity index (χ0v) is 13.3. The van der Waals surface area contributed by atoms with Crippen LogP contribution < -0.4 is 5.32 Å². The maximum Gasteiger partial charge on any atom is 0.227 e. The molecule has 2 fully saturated rings. The van der Waals surface area contributed by atoms with Crippen molar-refractivity contribution in [2.45, 2.75) is 12.5 Å². The summed E-state index contributed by atoms with van der Waals surface area (Å²) in [6, 6.07) is 7.69. The second kappa shape index (κ2) is 7.45. The molecule has 0 aliphatic carbocycles. The fourth-order valence-corrected chi connectivity index (χ4v) is 3.15. The Balaban J connectivity index is 0.00000161. The highest BCUT2D eigenvalue weighted by atomic mass is 35.5. The molecule has 0 spiro atoms. The number of hydrogen-bond donors (Lipinski definition) is 1. The number of ether oxygens (including phenoxy) is 1. The van der Waals surface area contributed by atoms with Crippen molar-refractivity contribution in [1.29, 1.82) is 0 Å². The summed E-state index contributed by atoms with van der Waals surface area (Å²) < 4.78 is 5.79. The number of morpholine rings is 1. The fraction of sp³-hybridized carbons (Fsp3) is 0.533. The predicted octanol–water partition coefficient (Wildman–Crippen LogP) is 2.27. The molecule has 2 aliphatic heterocycles. The molecule has 0 aromatic heterocycles. The number of halogens is 2. The Hall–Kier alpha value is -0.810. The number of nitrogens with zero attached hydrogens (tertiary/aromatic N) is 1. The molecule has 116 valence electrons. The summed E-state index contributed by atoms with van der Waals surface area (Å²) in [6.45, 7) is 3.58. The van der Waals surface area contributed by atoms with Gasteiger partial charge in [0.05, 0.1) is 19.1 Å². The first-order valence-electron chi connectivity index (χ1n) is 7.11. The number of carbonyl (C=O) groups is 1. The van der Waals surface area contributed by atoms with Crippen molar-refractivity contribution >= 4 is 29.9 Å². The van der Waals surface area contributed by atoms with Crippen molar-refractivity contribution in [3.63, 3.8) is 0 Å². The van der Waals surface area contributed by atoms with E-state index in [0.29, 0.717) is 24.7 Å². The van der Waals surface area contributed by atoms with Crippen molar-refractivity contribution in [1.82, 2.24) is 10.2 Å². The molecule has 3 rings (SSSR count). The van der Waals surface area contributed by atoms with Gasteiger partial charge in [-0.2, -0.15) is 0 Å². The molecule has 1 amide bonds. The van der Waals surface area contributed by atoms with E-state index in [1.54, 1.807) is 0 Å². The molecule has 1 N–H and O–H groups in total. The second-order valence-electron chi connectivity index (χ2n) is 5.35. The summed E-state index contributed by atoms with van der Waals surface area (Å²) in [6.07, 6.45) is 0.822. The van der Waals surface area contributed by atoms with Gasteiger partial charge in [-0.15, -0.1) is 12.4 Å². The Bertz CT molecular complexity index is 492. The van der Waals surface area contributed by atoms with Crippen molar-refractivity contribution in [2.24, 2.45) is 5.92 Å². The number of amides is 1. The molecule has 2 atom stereocenters. The lowest BCUT2D eigenvalue weighted by Crippen LogP contribution is -2.45. The van der Waals surface area contributed by atoms with Gasteiger partial charge in [-0.1, -0.05) is 29.8 Å². The van der Waals surface area contributed by atoms with Crippen LogP contribution in [-0.2, 0) is 9.53 Å². The highest BCUT2D eigenvalue weighted by molar-refractivity contribution is 6.31. The molecule has 2 unspecified atom stereocenters. The monoisotopic (exact) mass is 330 g/mol. The van der Waals surface area contributed by atoms with E-state index in [2.05, 4.69) is 5.32 Å². The molecule has 2 heterocycles. The molecule has 21 heavy (non-hydrogen) atoms. The van der Waals surface area contributed by atoms with Gasteiger partial charge in [-0.05, 0) is 19.0 Å². The highest BCUT2D eigenvalue weighted by Crippen LogP contribution is 2.29. The van der Waals surface area contributed by atoms with Crippen LogP contribution in [0.2, 0.25) is 5.02 Å². The first-order valence-corrected chi connectivity index (χ1v) is 7.49. The van der Waals surface area contributed by atoms with Gasteiger partial charge in [-0.25, -0.2) is 0 Å². The van der Waals surface area contributed by atoms with E-state index in [9.17, 15) is 4.79 Å². The number of nitrogens with one attached hydrogen (secondary N) is 1. The molecular weight excluding hydrogens is 311 g/mol. The third-order valence-electron chi connectivity index (χ3n) is 4.04. The second-order valence-corrected chi connectivity index (χ2v) is 5.76. The van der Waals surface area contributed by atoms with Gasteiger partial charge in [-0.3, -0.25) is 4.79 Å². The molecule has 0 bridgehead atoms. The van der Waals surface area contributed by atoms with E-state index >= 15 is 0 Å². The minimum absolute atomic E-state index is 0. The van der Waals surface area contributed by atoms with Crippen LogP contribution in [0.4, 0.5) is 0 Å². The van der Waals surface area contributed by atoms with Crippen molar-refractivity contribution < 1.29 is 9.53 Å². The maximum atomic E-state index is 12.5. The SMILES string of the molecule is Cl.O=C(C1CCNC1)N1CCOC(c2ccccc2Cl)C1. The molecule has 1 aromatic carbocycles. The third kappa shape index (κ3) is 3.69. The largest absolute Gasteiger partial charge is 0.370 e. The molecule has 1 aromatic rings. The van der Waals surface area contributed by atoms with E-state index in [0.717, 1.165) is 25.1 Å². The van der Waals surface area contributed by atoms with Gasteiger partial charge >= 0.3 is 0 Å². The summed E-state index contributed by atoms with van der Waals surface area (Å²) >= 11 is 6.22. The van der Waals surface area contributed by atoms with E-state index in [-0.39, 0.29) is 30.3 Å². The van der Waals surface area contributed by atoms with Crippen LogP contribution in [-0.4, -0.2) is 43.6 Å². The minimum atomic E-state index is -0.115. The predicted molar refractivity (Wildman–Crippen MR) is 84.9 cm³/mol. The lowest BCUT2D eigenvalue weighted by molar-refractivity contribution is -0.142. The van der Waals surface area contributed by atoms with Crippen LogP contribution in [0.1, 0.15) is 18.1 Å². The average Bonchev–Trinajstić information content (AvgIpc) is 3.01. The number of benzene rings is 1. The Morgan fingerprint density at radius 2 is 2.19 bits per heavy atom. The summed E-state index contributed by atoms with van der Waals surface area (Å²) in [5.74, 6) is 0.371. The first-order chi connectivity index (χ1) is 9.75. The molecule has 4 nitrogen and oxygen atoms in total. The van der Waals surface area contributed by atoms with Gasteiger partial charge in [0.25, 0.3) is 0 Å². The molecule has 6 heteroatoms.